The summed E-state index contributed by atoms with van der Waals surface area (Å²) in [6.07, 6.45) is 1.59. The third-order valence-corrected chi connectivity index (χ3v) is 3.76. The molecular formula is C15H19Cl2F2IN6O. The lowest BCUT2D eigenvalue weighted by atomic mass is 10.2. The van der Waals surface area contributed by atoms with Gasteiger partial charge in [0.1, 0.15) is 12.1 Å². The molecule has 0 aliphatic heterocycles. The van der Waals surface area contributed by atoms with Crippen LogP contribution in [-0.4, -0.2) is 33.9 Å². The number of aliphatic imine (C=N–C) groups is 1. The molecule has 7 nitrogen and oxygen atoms in total. The molecule has 0 atom stereocenters. The van der Waals surface area contributed by atoms with Gasteiger partial charge in [0.15, 0.2) is 11.8 Å². The topological polar surface area (TPSA) is 76.4 Å². The van der Waals surface area contributed by atoms with Crippen LogP contribution < -0.4 is 15.4 Å². The average molecular weight is 535 g/mol. The van der Waals surface area contributed by atoms with E-state index in [0.717, 1.165) is 0 Å². The van der Waals surface area contributed by atoms with E-state index in [4.69, 9.17) is 23.2 Å². The second-order valence-electron chi connectivity index (χ2n) is 5.16. The van der Waals surface area contributed by atoms with Gasteiger partial charge in [0.2, 0.25) is 0 Å². The molecule has 0 aliphatic rings. The summed E-state index contributed by atoms with van der Waals surface area (Å²) in [5, 5.41) is 14.2. The number of hydrogen-bond acceptors (Lipinski definition) is 4. The molecule has 0 saturated heterocycles. The summed E-state index contributed by atoms with van der Waals surface area (Å²) in [5.41, 5.74) is 0.346. The van der Waals surface area contributed by atoms with Crippen LogP contribution in [0.3, 0.4) is 0 Å². The van der Waals surface area contributed by atoms with E-state index in [9.17, 15) is 8.78 Å². The van der Waals surface area contributed by atoms with Crippen LogP contribution in [0.25, 0.3) is 0 Å². The van der Waals surface area contributed by atoms with E-state index in [1.54, 1.807) is 10.9 Å². The van der Waals surface area contributed by atoms with Crippen molar-refractivity contribution in [1.82, 2.24) is 25.4 Å². The SMILES string of the molecule is CCNC(=NCc1cc(Cl)cc(Cl)c1OC(F)F)NCc1nncn1C.I. The molecule has 2 N–H and O–H groups in total. The highest BCUT2D eigenvalue weighted by molar-refractivity contribution is 14.0. The zero-order valence-electron chi connectivity index (χ0n) is 14.5. The lowest BCUT2D eigenvalue weighted by Crippen LogP contribution is -2.37. The van der Waals surface area contributed by atoms with Crippen molar-refractivity contribution in [2.45, 2.75) is 26.6 Å². The third-order valence-electron chi connectivity index (χ3n) is 3.26. The molecule has 2 rings (SSSR count). The van der Waals surface area contributed by atoms with Gasteiger partial charge in [-0.2, -0.15) is 8.78 Å². The van der Waals surface area contributed by atoms with Crippen molar-refractivity contribution in [3.63, 3.8) is 0 Å². The molecule has 0 fully saturated rings. The van der Waals surface area contributed by atoms with Crippen LogP contribution in [0, 0.1) is 0 Å². The molecule has 1 aromatic carbocycles. The summed E-state index contributed by atoms with van der Waals surface area (Å²) >= 11 is 11.9. The Labute approximate surface area is 182 Å². The number of hydrogen-bond donors (Lipinski definition) is 2. The largest absolute Gasteiger partial charge is 0.433 e. The number of nitrogens with zero attached hydrogens (tertiary/aromatic N) is 4. The van der Waals surface area contributed by atoms with Crippen LogP contribution in [0.4, 0.5) is 8.78 Å². The van der Waals surface area contributed by atoms with E-state index in [0.29, 0.717) is 35.5 Å². The smallest absolute Gasteiger partial charge is 0.387 e. The number of rotatable bonds is 7. The Balaban J connectivity index is 0.00000364. The van der Waals surface area contributed by atoms with Gasteiger partial charge in [0, 0.05) is 24.2 Å². The van der Waals surface area contributed by atoms with E-state index in [1.807, 2.05) is 14.0 Å². The molecule has 12 heteroatoms. The van der Waals surface area contributed by atoms with Crippen molar-refractivity contribution in [2.75, 3.05) is 6.54 Å². The zero-order chi connectivity index (χ0) is 19.1. The second-order valence-corrected chi connectivity index (χ2v) is 6.00. The molecule has 150 valence electrons. The van der Waals surface area contributed by atoms with Gasteiger partial charge >= 0.3 is 6.61 Å². The first-order chi connectivity index (χ1) is 12.4. The lowest BCUT2D eigenvalue weighted by Gasteiger charge is -2.14. The highest BCUT2D eigenvalue weighted by Crippen LogP contribution is 2.34. The molecule has 1 heterocycles. The molecule has 0 bridgehead atoms. The first-order valence-electron chi connectivity index (χ1n) is 7.68. The molecule has 1 aromatic heterocycles. The van der Waals surface area contributed by atoms with Crippen molar-refractivity contribution in [1.29, 1.82) is 0 Å². The van der Waals surface area contributed by atoms with Crippen LogP contribution in [0.2, 0.25) is 10.0 Å². The van der Waals surface area contributed by atoms with Gasteiger partial charge in [0.05, 0.1) is 18.1 Å². The Hall–Kier alpha value is -1.40. The number of benzene rings is 1. The highest BCUT2D eigenvalue weighted by Gasteiger charge is 2.15. The van der Waals surface area contributed by atoms with Crippen molar-refractivity contribution in [2.24, 2.45) is 12.0 Å². The fourth-order valence-electron chi connectivity index (χ4n) is 2.09. The lowest BCUT2D eigenvalue weighted by molar-refractivity contribution is -0.0503. The Morgan fingerprint density at radius 1 is 1.33 bits per heavy atom. The Morgan fingerprint density at radius 3 is 2.67 bits per heavy atom. The maximum Gasteiger partial charge on any atom is 0.387 e. The van der Waals surface area contributed by atoms with Gasteiger partial charge in [-0.1, -0.05) is 23.2 Å². The molecule has 0 saturated carbocycles. The molecule has 27 heavy (non-hydrogen) atoms. The van der Waals surface area contributed by atoms with Crippen LogP contribution in [0.15, 0.2) is 23.5 Å². The van der Waals surface area contributed by atoms with Crippen molar-refractivity contribution in [3.05, 3.63) is 39.9 Å². The van der Waals surface area contributed by atoms with Gasteiger partial charge in [-0.3, -0.25) is 0 Å². The third kappa shape index (κ3) is 7.26. The summed E-state index contributed by atoms with van der Waals surface area (Å²) in [6, 6.07) is 2.83. The quantitative estimate of drug-likeness (QED) is 0.322. The minimum Gasteiger partial charge on any atom is -0.433 e. The summed E-state index contributed by atoms with van der Waals surface area (Å²) in [5.74, 6) is 1.04. The second kappa shape index (κ2) is 11.4. The van der Waals surface area contributed by atoms with Gasteiger partial charge < -0.3 is 19.9 Å². The number of ether oxygens (including phenoxy) is 1. The summed E-state index contributed by atoms with van der Waals surface area (Å²) in [7, 11) is 1.82. The van der Waals surface area contributed by atoms with Crippen LogP contribution in [-0.2, 0) is 20.1 Å². The maximum absolute atomic E-state index is 12.6. The minimum absolute atomic E-state index is 0. The normalized spacial score (nSPS) is 11.3. The van der Waals surface area contributed by atoms with E-state index in [2.05, 4.69) is 30.6 Å². The summed E-state index contributed by atoms with van der Waals surface area (Å²) in [4.78, 5) is 4.36. The van der Waals surface area contributed by atoms with Crippen molar-refractivity contribution < 1.29 is 13.5 Å². The van der Waals surface area contributed by atoms with Crippen LogP contribution in [0.1, 0.15) is 18.3 Å². The molecule has 0 radical (unpaired) electrons. The maximum atomic E-state index is 12.6. The number of halogens is 5. The predicted molar refractivity (Wildman–Crippen MR) is 111 cm³/mol. The number of guanidine groups is 1. The first kappa shape index (κ1) is 23.6. The Morgan fingerprint density at radius 2 is 2.07 bits per heavy atom. The molecular weight excluding hydrogens is 516 g/mol. The van der Waals surface area contributed by atoms with Crippen molar-refractivity contribution >= 4 is 53.1 Å². The Bertz CT molecular complexity index is 775. The summed E-state index contributed by atoms with van der Waals surface area (Å²) < 4.78 is 31.5. The van der Waals surface area contributed by atoms with Gasteiger partial charge in [-0.25, -0.2) is 4.99 Å². The highest BCUT2D eigenvalue weighted by atomic mass is 127. The fourth-order valence-corrected chi connectivity index (χ4v) is 2.67. The van der Waals surface area contributed by atoms with Crippen LogP contribution >= 0.6 is 47.2 Å². The number of aryl methyl sites for hydroxylation is 1. The fraction of sp³-hybridized carbons (Fsp3) is 0.400. The minimum atomic E-state index is -3.00. The molecule has 0 aliphatic carbocycles. The molecule has 0 amide bonds. The van der Waals surface area contributed by atoms with Gasteiger partial charge in [0.25, 0.3) is 0 Å². The molecule has 0 unspecified atom stereocenters. The van der Waals surface area contributed by atoms with E-state index in [-0.39, 0.29) is 41.3 Å². The number of nitrogens with one attached hydrogen (secondary N) is 2. The van der Waals surface area contributed by atoms with E-state index >= 15 is 0 Å². The Kier molecular flexibility index (Phi) is 10.0. The van der Waals surface area contributed by atoms with Gasteiger partial charge in [-0.05, 0) is 19.1 Å². The molecule has 2 aromatic rings. The standard InChI is InChI=1S/C15H18Cl2F2N6O.HI/c1-3-20-15(22-7-12-24-23-8-25(12)2)21-6-9-4-10(16)5-11(17)13(9)26-14(18)19;/h4-5,8,14H,3,6-7H2,1-2H3,(H2,20,21,22);1H. The number of aromatic nitrogens is 3. The van der Waals surface area contributed by atoms with E-state index < -0.39 is 6.61 Å². The summed E-state index contributed by atoms with van der Waals surface area (Å²) in [6.45, 7) is -0.0588. The average Bonchev–Trinajstić information content (AvgIpc) is 2.98. The van der Waals surface area contributed by atoms with Crippen LogP contribution in [0.5, 0.6) is 5.75 Å². The van der Waals surface area contributed by atoms with Gasteiger partial charge in [-0.15, -0.1) is 34.2 Å². The van der Waals surface area contributed by atoms with E-state index in [1.165, 1.54) is 12.1 Å². The first-order valence-corrected chi connectivity index (χ1v) is 8.44. The number of alkyl halides is 2. The zero-order valence-corrected chi connectivity index (χ0v) is 18.4. The monoisotopic (exact) mass is 534 g/mol. The predicted octanol–water partition coefficient (Wildman–Crippen LogP) is 3.60. The van der Waals surface area contributed by atoms with Crippen molar-refractivity contribution in [3.8, 4) is 5.75 Å². The molecule has 0 spiro atoms.